The highest BCUT2D eigenvalue weighted by Crippen LogP contribution is 2.30. The SMILES string of the molecule is CCNC(=O)N(Cc1ccc(F)cc1)[C@@H]1CC(C(=O)NCCO)=C[C@H](Oc2ccccc2I)[C@H]1O. The molecule has 1 aliphatic carbocycles. The van der Waals surface area contributed by atoms with E-state index in [0.717, 1.165) is 3.57 Å². The van der Waals surface area contributed by atoms with E-state index < -0.39 is 36.0 Å². The van der Waals surface area contributed by atoms with E-state index in [1.54, 1.807) is 37.3 Å². The first-order chi connectivity index (χ1) is 16.8. The van der Waals surface area contributed by atoms with Crippen LogP contribution in [0.3, 0.4) is 0 Å². The number of ether oxygens (including phenoxy) is 1. The molecule has 3 amide bonds. The summed E-state index contributed by atoms with van der Waals surface area (Å²) in [7, 11) is 0. The fraction of sp³-hybridized carbons (Fsp3) is 0.360. The summed E-state index contributed by atoms with van der Waals surface area (Å²) in [5.41, 5.74) is 0.999. The predicted molar refractivity (Wildman–Crippen MR) is 137 cm³/mol. The van der Waals surface area contributed by atoms with Gasteiger partial charge in [0.15, 0.2) is 0 Å². The number of nitrogens with one attached hydrogen (secondary N) is 2. The molecule has 0 radical (unpaired) electrons. The monoisotopic (exact) mass is 597 g/mol. The predicted octanol–water partition coefficient (Wildman–Crippen LogP) is 2.58. The molecule has 0 aliphatic heterocycles. The molecule has 1 aliphatic rings. The first-order valence-electron chi connectivity index (χ1n) is 11.3. The van der Waals surface area contributed by atoms with Gasteiger partial charge in [0.2, 0.25) is 5.91 Å². The maximum absolute atomic E-state index is 13.4. The lowest BCUT2D eigenvalue weighted by molar-refractivity contribution is -0.118. The standard InChI is InChI=1S/C25H29FIN3O5/c1-2-28-25(34)30(15-16-7-9-18(26)10-8-16)20-13-17(24(33)29-11-12-31)14-22(23(20)32)35-21-6-4-3-5-19(21)27/h3-10,14,20,22-23,31-32H,2,11-13,15H2,1H3,(H,28,34)(H,29,33)/t20-,22+,23+/m1/s1. The van der Waals surface area contributed by atoms with E-state index in [1.165, 1.54) is 17.0 Å². The Hall–Kier alpha value is -2.70. The van der Waals surface area contributed by atoms with Crippen molar-refractivity contribution in [2.45, 2.75) is 38.1 Å². The van der Waals surface area contributed by atoms with Gasteiger partial charge in [0, 0.05) is 31.6 Å². The molecule has 4 N–H and O–H groups in total. The molecule has 35 heavy (non-hydrogen) atoms. The van der Waals surface area contributed by atoms with E-state index in [-0.39, 0.29) is 26.1 Å². The second-order valence-corrected chi connectivity index (χ2v) is 9.20. The van der Waals surface area contributed by atoms with Crippen LogP contribution >= 0.6 is 22.6 Å². The number of hydrogen-bond acceptors (Lipinski definition) is 5. The molecule has 188 valence electrons. The van der Waals surface area contributed by atoms with Crippen LogP contribution in [0.25, 0.3) is 0 Å². The third-order valence-electron chi connectivity index (χ3n) is 5.57. The largest absolute Gasteiger partial charge is 0.482 e. The number of amides is 3. The summed E-state index contributed by atoms with van der Waals surface area (Å²) in [5.74, 6) is -0.273. The van der Waals surface area contributed by atoms with Gasteiger partial charge in [0.1, 0.15) is 23.8 Å². The minimum atomic E-state index is -1.15. The molecule has 3 atom stereocenters. The van der Waals surface area contributed by atoms with Crippen LogP contribution in [0, 0.1) is 9.39 Å². The topological polar surface area (TPSA) is 111 Å². The van der Waals surface area contributed by atoms with Crippen LogP contribution in [0.1, 0.15) is 18.9 Å². The summed E-state index contributed by atoms with van der Waals surface area (Å²) in [6.07, 6.45) is -0.430. The Kier molecular flexibility index (Phi) is 9.87. The van der Waals surface area contributed by atoms with Gasteiger partial charge >= 0.3 is 6.03 Å². The van der Waals surface area contributed by atoms with Gasteiger partial charge in [0.05, 0.1) is 16.2 Å². The molecule has 3 rings (SSSR count). The van der Waals surface area contributed by atoms with Crippen LogP contribution in [0.5, 0.6) is 5.75 Å². The Morgan fingerprint density at radius 2 is 1.89 bits per heavy atom. The molecule has 0 unspecified atom stereocenters. The number of para-hydroxylation sites is 1. The molecule has 10 heteroatoms. The van der Waals surface area contributed by atoms with E-state index in [9.17, 15) is 19.1 Å². The molecular formula is C25H29FIN3O5. The zero-order valence-electron chi connectivity index (χ0n) is 19.3. The van der Waals surface area contributed by atoms with Gasteiger partial charge in [-0.2, -0.15) is 0 Å². The Balaban J connectivity index is 1.96. The van der Waals surface area contributed by atoms with Crippen LogP contribution in [0.2, 0.25) is 0 Å². The van der Waals surface area contributed by atoms with Gasteiger partial charge in [-0.3, -0.25) is 4.79 Å². The van der Waals surface area contributed by atoms with Crippen molar-refractivity contribution in [2.24, 2.45) is 0 Å². The highest BCUT2D eigenvalue weighted by molar-refractivity contribution is 14.1. The van der Waals surface area contributed by atoms with Gasteiger partial charge in [-0.15, -0.1) is 0 Å². The lowest BCUT2D eigenvalue weighted by Gasteiger charge is -2.40. The third kappa shape index (κ3) is 7.15. The van der Waals surface area contributed by atoms with Crippen LogP contribution in [-0.4, -0.2) is 65.0 Å². The maximum Gasteiger partial charge on any atom is 0.318 e. The molecule has 0 bridgehead atoms. The minimum absolute atomic E-state index is 0.0706. The van der Waals surface area contributed by atoms with Crippen molar-refractivity contribution in [2.75, 3.05) is 19.7 Å². The van der Waals surface area contributed by atoms with Crippen molar-refractivity contribution in [3.05, 3.63) is 75.1 Å². The van der Waals surface area contributed by atoms with Crippen molar-refractivity contribution < 1.29 is 28.9 Å². The Labute approximate surface area is 217 Å². The number of halogens is 2. The lowest BCUT2D eigenvalue weighted by atomic mass is 9.88. The van der Waals surface area contributed by atoms with Crippen molar-refractivity contribution in [1.29, 1.82) is 0 Å². The average molecular weight is 597 g/mol. The van der Waals surface area contributed by atoms with Crippen LogP contribution in [0.4, 0.5) is 9.18 Å². The zero-order valence-corrected chi connectivity index (χ0v) is 21.4. The normalized spacial score (nSPS) is 19.5. The molecule has 0 fully saturated rings. The van der Waals surface area contributed by atoms with Crippen molar-refractivity contribution >= 4 is 34.5 Å². The van der Waals surface area contributed by atoms with E-state index in [1.807, 2.05) is 12.1 Å². The first kappa shape index (κ1) is 26.9. The quantitative estimate of drug-likeness (QED) is 0.333. The maximum atomic E-state index is 13.4. The summed E-state index contributed by atoms with van der Waals surface area (Å²) in [5, 5.41) is 25.8. The van der Waals surface area contributed by atoms with Crippen molar-refractivity contribution in [3.8, 4) is 5.75 Å². The second-order valence-electron chi connectivity index (χ2n) is 8.04. The molecule has 0 aromatic heterocycles. The van der Waals surface area contributed by atoms with E-state index >= 15 is 0 Å². The summed E-state index contributed by atoms with van der Waals surface area (Å²) in [6.45, 7) is 2.09. The molecular weight excluding hydrogens is 568 g/mol. The van der Waals surface area contributed by atoms with E-state index in [4.69, 9.17) is 9.84 Å². The molecule has 0 saturated carbocycles. The van der Waals surface area contributed by atoms with Crippen LogP contribution < -0.4 is 15.4 Å². The Bertz CT molecular complexity index is 1050. The highest BCUT2D eigenvalue weighted by atomic mass is 127. The number of aliphatic hydroxyl groups is 2. The van der Waals surface area contributed by atoms with Crippen LogP contribution in [0.15, 0.2) is 60.2 Å². The number of nitrogens with zero attached hydrogens (tertiary/aromatic N) is 1. The third-order valence-corrected chi connectivity index (χ3v) is 6.46. The lowest BCUT2D eigenvalue weighted by Crippen LogP contribution is -2.56. The van der Waals surface area contributed by atoms with Gasteiger partial charge in [-0.05, 0) is 65.4 Å². The molecule has 2 aromatic carbocycles. The number of carbonyl (C=O) groups is 2. The highest BCUT2D eigenvalue weighted by Gasteiger charge is 2.40. The first-order valence-corrected chi connectivity index (χ1v) is 12.4. The van der Waals surface area contributed by atoms with Gasteiger partial charge in [0.25, 0.3) is 0 Å². The number of hydrogen-bond donors (Lipinski definition) is 4. The molecule has 0 spiro atoms. The van der Waals surface area contributed by atoms with Gasteiger partial charge in [-0.25, -0.2) is 9.18 Å². The summed E-state index contributed by atoms with van der Waals surface area (Å²) < 4.78 is 20.4. The number of carbonyl (C=O) groups excluding carboxylic acids is 2. The number of urea groups is 1. The summed E-state index contributed by atoms with van der Waals surface area (Å²) in [4.78, 5) is 27.3. The smallest absolute Gasteiger partial charge is 0.318 e. The molecule has 0 heterocycles. The zero-order chi connectivity index (χ0) is 25.4. The number of benzene rings is 2. The minimum Gasteiger partial charge on any atom is -0.482 e. The Morgan fingerprint density at radius 1 is 1.17 bits per heavy atom. The van der Waals surface area contributed by atoms with Gasteiger partial charge in [-0.1, -0.05) is 24.3 Å². The van der Waals surface area contributed by atoms with E-state index in [0.29, 0.717) is 23.4 Å². The van der Waals surface area contributed by atoms with Crippen molar-refractivity contribution in [3.63, 3.8) is 0 Å². The fourth-order valence-electron chi connectivity index (χ4n) is 3.85. The second kappa shape index (κ2) is 12.8. The molecule has 8 nitrogen and oxygen atoms in total. The Morgan fingerprint density at radius 3 is 2.54 bits per heavy atom. The fourth-order valence-corrected chi connectivity index (χ4v) is 4.36. The molecule has 0 saturated heterocycles. The number of aliphatic hydroxyl groups excluding tert-OH is 2. The summed E-state index contributed by atoms with van der Waals surface area (Å²) >= 11 is 2.12. The van der Waals surface area contributed by atoms with Crippen molar-refractivity contribution in [1.82, 2.24) is 15.5 Å². The average Bonchev–Trinajstić information content (AvgIpc) is 2.85. The molecule has 2 aromatic rings. The van der Waals surface area contributed by atoms with Gasteiger partial charge < -0.3 is 30.5 Å². The van der Waals surface area contributed by atoms with Crippen LogP contribution in [-0.2, 0) is 11.3 Å². The van der Waals surface area contributed by atoms with E-state index in [2.05, 4.69) is 33.2 Å². The number of rotatable bonds is 9. The summed E-state index contributed by atoms with van der Waals surface area (Å²) in [6, 6.07) is 11.8.